The Morgan fingerprint density at radius 3 is 2.79 bits per heavy atom. The minimum Gasteiger partial charge on any atom is -0.307 e. The zero-order valence-corrected chi connectivity index (χ0v) is 9.59. The standard InChI is InChI=1S/C9H8BrF2N.ClH/c10-7-1-2-8-6(3-7)4-13-5-9(8,11)12;/h1-3,13H,4-5H2;1H. The molecule has 0 spiro atoms. The Morgan fingerprint density at radius 1 is 1.36 bits per heavy atom. The molecule has 78 valence electrons. The zero-order valence-electron chi connectivity index (χ0n) is 7.19. The van der Waals surface area contributed by atoms with E-state index in [2.05, 4.69) is 21.2 Å². The molecule has 1 aromatic rings. The van der Waals surface area contributed by atoms with E-state index in [-0.39, 0.29) is 24.5 Å². The number of benzene rings is 1. The van der Waals surface area contributed by atoms with Crippen LogP contribution < -0.4 is 5.32 Å². The van der Waals surface area contributed by atoms with Crippen LogP contribution in [-0.2, 0) is 12.5 Å². The first-order valence-electron chi connectivity index (χ1n) is 3.97. The second-order valence-electron chi connectivity index (χ2n) is 3.11. The normalized spacial score (nSPS) is 18.2. The molecular weight excluding hydrogens is 275 g/mol. The van der Waals surface area contributed by atoms with Gasteiger partial charge in [-0.15, -0.1) is 12.4 Å². The van der Waals surface area contributed by atoms with E-state index in [9.17, 15) is 8.78 Å². The van der Waals surface area contributed by atoms with Crippen molar-refractivity contribution in [2.45, 2.75) is 12.5 Å². The third-order valence-electron chi connectivity index (χ3n) is 2.12. The van der Waals surface area contributed by atoms with E-state index in [0.29, 0.717) is 12.1 Å². The van der Waals surface area contributed by atoms with Gasteiger partial charge < -0.3 is 5.32 Å². The lowest BCUT2D eigenvalue weighted by Gasteiger charge is -2.25. The minimum absolute atomic E-state index is 0. The van der Waals surface area contributed by atoms with Crippen LogP contribution in [-0.4, -0.2) is 6.54 Å². The molecule has 1 heterocycles. The molecule has 0 saturated carbocycles. The predicted octanol–water partition coefficient (Wildman–Crippen LogP) is 3.07. The summed E-state index contributed by atoms with van der Waals surface area (Å²) in [7, 11) is 0. The number of hydrogen-bond acceptors (Lipinski definition) is 1. The number of rotatable bonds is 0. The lowest BCUT2D eigenvalue weighted by atomic mass is 9.98. The molecule has 0 radical (unpaired) electrons. The molecule has 0 aliphatic carbocycles. The molecule has 0 aromatic heterocycles. The summed E-state index contributed by atoms with van der Waals surface area (Å²) in [4.78, 5) is 0. The Hall–Kier alpha value is -0.190. The van der Waals surface area contributed by atoms with Crippen molar-refractivity contribution in [3.63, 3.8) is 0 Å². The molecule has 0 amide bonds. The van der Waals surface area contributed by atoms with E-state index in [4.69, 9.17) is 0 Å². The molecule has 1 aliphatic heterocycles. The van der Waals surface area contributed by atoms with Gasteiger partial charge in [0.05, 0.1) is 6.54 Å². The van der Waals surface area contributed by atoms with E-state index in [1.54, 1.807) is 12.1 Å². The average Bonchev–Trinajstić information content (AvgIpc) is 2.02. The van der Waals surface area contributed by atoms with E-state index < -0.39 is 5.92 Å². The number of hydrogen-bond donors (Lipinski definition) is 1. The summed E-state index contributed by atoms with van der Waals surface area (Å²) in [5.41, 5.74) is 0.820. The Morgan fingerprint density at radius 2 is 2.07 bits per heavy atom. The Balaban J connectivity index is 0.000000980. The summed E-state index contributed by atoms with van der Waals surface area (Å²) in [6.45, 7) is 0.256. The third-order valence-corrected chi connectivity index (χ3v) is 2.62. The molecule has 0 saturated heterocycles. The first-order valence-corrected chi connectivity index (χ1v) is 4.76. The second kappa shape index (κ2) is 4.13. The van der Waals surface area contributed by atoms with Crippen LogP contribution in [0.25, 0.3) is 0 Å². The molecule has 0 unspecified atom stereocenters. The van der Waals surface area contributed by atoms with Crippen molar-refractivity contribution in [3.05, 3.63) is 33.8 Å². The van der Waals surface area contributed by atoms with Crippen LogP contribution in [0.2, 0.25) is 0 Å². The van der Waals surface area contributed by atoms with Crippen molar-refractivity contribution in [2.24, 2.45) is 0 Å². The van der Waals surface area contributed by atoms with Crippen molar-refractivity contribution in [3.8, 4) is 0 Å². The van der Waals surface area contributed by atoms with Gasteiger partial charge in [0.15, 0.2) is 0 Å². The number of halogens is 4. The van der Waals surface area contributed by atoms with E-state index >= 15 is 0 Å². The molecule has 5 heteroatoms. The maximum absolute atomic E-state index is 13.3. The number of fused-ring (bicyclic) bond motifs is 1. The molecule has 14 heavy (non-hydrogen) atoms. The molecule has 2 rings (SSSR count). The summed E-state index contributed by atoms with van der Waals surface area (Å²) in [6, 6.07) is 4.87. The highest BCUT2D eigenvalue weighted by Crippen LogP contribution is 2.34. The quantitative estimate of drug-likeness (QED) is 0.772. The largest absolute Gasteiger partial charge is 0.307 e. The van der Waals surface area contributed by atoms with Crippen LogP contribution in [0, 0.1) is 0 Å². The fraction of sp³-hybridized carbons (Fsp3) is 0.333. The minimum atomic E-state index is -2.73. The summed E-state index contributed by atoms with van der Waals surface area (Å²) >= 11 is 3.26. The molecular formula is C9H9BrClF2N. The fourth-order valence-corrected chi connectivity index (χ4v) is 1.92. The highest BCUT2D eigenvalue weighted by Gasteiger charge is 2.36. The van der Waals surface area contributed by atoms with Gasteiger partial charge in [0.2, 0.25) is 0 Å². The topological polar surface area (TPSA) is 12.0 Å². The van der Waals surface area contributed by atoms with Gasteiger partial charge in [-0.3, -0.25) is 0 Å². The van der Waals surface area contributed by atoms with Crippen LogP contribution in [0.5, 0.6) is 0 Å². The molecule has 1 nitrogen and oxygen atoms in total. The van der Waals surface area contributed by atoms with E-state index in [0.717, 1.165) is 4.47 Å². The zero-order chi connectivity index (χ0) is 9.47. The monoisotopic (exact) mass is 283 g/mol. The van der Waals surface area contributed by atoms with Crippen LogP contribution in [0.4, 0.5) is 8.78 Å². The van der Waals surface area contributed by atoms with Crippen molar-refractivity contribution in [1.82, 2.24) is 5.32 Å². The highest BCUT2D eigenvalue weighted by atomic mass is 79.9. The van der Waals surface area contributed by atoms with Gasteiger partial charge >= 0.3 is 0 Å². The Labute approximate surface area is 95.4 Å². The first kappa shape index (κ1) is 11.9. The summed E-state index contributed by atoms with van der Waals surface area (Å²) in [5.74, 6) is -2.73. The summed E-state index contributed by atoms with van der Waals surface area (Å²) in [5, 5.41) is 2.69. The maximum Gasteiger partial charge on any atom is 0.285 e. The highest BCUT2D eigenvalue weighted by molar-refractivity contribution is 9.10. The lowest BCUT2D eigenvalue weighted by Crippen LogP contribution is -2.36. The first-order chi connectivity index (χ1) is 6.09. The summed E-state index contributed by atoms with van der Waals surface area (Å²) in [6.07, 6.45) is 0. The lowest BCUT2D eigenvalue weighted by molar-refractivity contribution is -0.0108. The summed E-state index contributed by atoms with van der Waals surface area (Å²) < 4.78 is 27.3. The molecule has 1 aliphatic rings. The van der Waals surface area contributed by atoms with Crippen molar-refractivity contribution < 1.29 is 8.78 Å². The van der Waals surface area contributed by atoms with Gasteiger partial charge in [-0.05, 0) is 17.7 Å². The molecule has 0 bridgehead atoms. The van der Waals surface area contributed by atoms with Crippen LogP contribution >= 0.6 is 28.3 Å². The smallest absolute Gasteiger partial charge is 0.285 e. The van der Waals surface area contributed by atoms with Gasteiger partial charge in [-0.2, -0.15) is 8.78 Å². The van der Waals surface area contributed by atoms with Gasteiger partial charge in [0.25, 0.3) is 5.92 Å². The van der Waals surface area contributed by atoms with Crippen molar-refractivity contribution >= 4 is 28.3 Å². The van der Waals surface area contributed by atoms with E-state index in [1.165, 1.54) is 6.07 Å². The van der Waals surface area contributed by atoms with Gasteiger partial charge in [-0.1, -0.05) is 22.0 Å². The molecule has 0 atom stereocenters. The predicted molar refractivity (Wildman–Crippen MR) is 57.0 cm³/mol. The van der Waals surface area contributed by atoms with Gasteiger partial charge in [0.1, 0.15) is 0 Å². The Bertz CT molecular complexity index is 344. The maximum atomic E-state index is 13.3. The van der Waals surface area contributed by atoms with Gasteiger partial charge in [-0.25, -0.2) is 0 Å². The van der Waals surface area contributed by atoms with Crippen molar-refractivity contribution in [2.75, 3.05) is 6.54 Å². The second-order valence-corrected chi connectivity index (χ2v) is 4.03. The SMILES string of the molecule is Cl.FC1(F)CNCc2cc(Br)ccc21. The number of nitrogens with one attached hydrogen (secondary N) is 1. The van der Waals surface area contributed by atoms with E-state index in [1.807, 2.05) is 0 Å². The van der Waals surface area contributed by atoms with Crippen LogP contribution in [0.1, 0.15) is 11.1 Å². The Kier molecular flexibility index (Phi) is 3.50. The number of alkyl halides is 2. The average molecular weight is 285 g/mol. The molecule has 1 N–H and O–H groups in total. The van der Waals surface area contributed by atoms with Gasteiger partial charge in [0, 0.05) is 16.6 Å². The van der Waals surface area contributed by atoms with Crippen molar-refractivity contribution in [1.29, 1.82) is 0 Å². The fourth-order valence-electron chi connectivity index (χ4n) is 1.51. The third kappa shape index (κ3) is 2.07. The van der Waals surface area contributed by atoms with Crippen LogP contribution in [0.15, 0.2) is 22.7 Å². The van der Waals surface area contributed by atoms with Crippen LogP contribution in [0.3, 0.4) is 0 Å². The molecule has 0 fully saturated rings. The molecule has 1 aromatic carbocycles.